The highest BCUT2D eigenvalue weighted by Crippen LogP contribution is 2.19. The van der Waals surface area contributed by atoms with Crippen molar-refractivity contribution in [3.8, 4) is 0 Å². The molecule has 0 spiro atoms. The number of rotatable bonds is 2. The lowest BCUT2D eigenvalue weighted by atomic mass is 9.97. The maximum Gasteiger partial charge on any atom is 0.293 e. The summed E-state index contributed by atoms with van der Waals surface area (Å²) in [6.07, 6.45) is 12.3. The molecule has 1 saturated carbocycles. The van der Waals surface area contributed by atoms with Crippen molar-refractivity contribution in [2.75, 3.05) is 5.32 Å². The summed E-state index contributed by atoms with van der Waals surface area (Å²) in [6, 6.07) is 0.395. The van der Waals surface area contributed by atoms with Crippen LogP contribution in [-0.2, 0) is 5.54 Å². The lowest BCUT2D eigenvalue weighted by Gasteiger charge is -2.25. The van der Waals surface area contributed by atoms with Crippen molar-refractivity contribution in [2.45, 2.75) is 77.3 Å². The van der Waals surface area contributed by atoms with Gasteiger partial charge in [-0.2, -0.15) is 0 Å². The SMILES string of the molecule is CC(C)(C)n1ccnc(NC2CCCCCCC2)c1=O. The minimum Gasteiger partial charge on any atom is -0.363 e. The Morgan fingerprint density at radius 3 is 2.35 bits per heavy atom. The minimum absolute atomic E-state index is 0.0120. The lowest BCUT2D eigenvalue weighted by molar-refractivity contribution is 0.382. The average molecular weight is 277 g/mol. The van der Waals surface area contributed by atoms with Gasteiger partial charge in [0.2, 0.25) is 0 Å². The van der Waals surface area contributed by atoms with Crippen molar-refractivity contribution >= 4 is 5.82 Å². The van der Waals surface area contributed by atoms with Crippen LogP contribution in [0.5, 0.6) is 0 Å². The van der Waals surface area contributed by atoms with Crippen LogP contribution in [0.1, 0.15) is 65.7 Å². The smallest absolute Gasteiger partial charge is 0.293 e. The Morgan fingerprint density at radius 1 is 1.15 bits per heavy atom. The summed E-state index contributed by atoms with van der Waals surface area (Å²) >= 11 is 0. The molecule has 0 unspecified atom stereocenters. The second kappa shape index (κ2) is 6.42. The number of hydrogen-bond donors (Lipinski definition) is 1. The maximum atomic E-state index is 12.5. The number of anilines is 1. The molecule has 0 aliphatic heterocycles. The third-order valence-electron chi connectivity index (χ3n) is 4.01. The molecule has 1 N–H and O–H groups in total. The fraction of sp³-hybridized carbons (Fsp3) is 0.750. The second-order valence-electron chi connectivity index (χ2n) is 6.81. The first kappa shape index (κ1) is 15.1. The van der Waals surface area contributed by atoms with Crippen LogP contribution in [0.25, 0.3) is 0 Å². The van der Waals surface area contributed by atoms with Crippen LogP contribution in [0.15, 0.2) is 17.2 Å². The lowest BCUT2D eigenvalue weighted by Crippen LogP contribution is -2.36. The second-order valence-corrected chi connectivity index (χ2v) is 6.81. The molecule has 1 aromatic rings. The zero-order chi connectivity index (χ0) is 14.6. The summed E-state index contributed by atoms with van der Waals surface area (Å²) < 4.78 is 1.76. The first-order valence-electron chi connectivity index (χ1n) is 7.83. The van der Waals surface area contributed by atoms with Gasteiger partial charge in [-0.15, -0.1) is 0 Å². The highest BCUT2D eigenvalue weighted by molar-refractivity contribution is 5.32. The Bertz CT molecular complexity index is 479. The highest BCUT2D eigenvalue weighted by Gasteiger charge is 2.18. The van der Waals surface area contributed by atoms with E-state index in [0.29, 0.717) is 11.9 Å². The van der Waals surface area contributed by atoms with Crippen LogP contribution in [-0.4, -0.2) is 15.6 Å². The Kier molecular flexibility index (Phi) is 4.84. The van der Waals surface area contributed by atoms with Gasteiger partial charge in [0, 0.05) is 24.0 Å². The normalized spacial score (nSPS) is 18.4. The molecule has 0 bridgehead atoms. The molecule has 4 heteroatoms. The molecular weight excluding hydrogens is 250 g/mol. The molecule has 20 heavy (non-hydrogen) atoms. The van der Waals surface area contributed by atoms with E-state index in [4.69, 9.17) is 0 Å². The van der Waals surface area contributed by atoms with E-state index in [0.717, 1.165) is 12.8 Å². The van der Waals surface area contributed by atoms with Crippen LogP contribution < -0.4 is 10.9 Å². The van der Waals surface area contributed by atoms with E-state index in [9.17, 15) is 4.79 Å². The van der Waals surface area contributed by atoms with Gasteiger partial charge in [-0.25, -0.2) is 4.98 Å². The molecular formula is C16H27N3O. The topological polar surface area (TPSA) is 46.9 Å². The fourth-order valence-electron chi connectivity index (χ4n) is 2.83. The summed E-state index contributed by atoms with van der Waals surface area (Å²) in [5.74, 6) is 0.507. The largest absolute Gasteiger partial charge is 0.363 e. The van der Waals surface area contributed by atoms with Crippen molar-refractivity contribution in [3.63, 3.8) is 0 Å². The molecule has 1 aliphatic rings. The Balaban J connectivity index is 2.14. The van der Waals surface area contributed by atoms with Gasteiger partial charge in [0.25, 0.3) is 5.56 Å². The van der Waals surface area contributed by atoms with E-state index in [-0.39, 0.29) is 11.1 Å². The molecule has 1 heterocycles. The van der Waals surface area contributed by atoms with Crippen LogP contribution in [0.2, 0.25) is 0 Å². The molecule has 1 aromatic heterocycles. The molecule has 112 valence electrons. The van der Waals surface area contributed by atoms with Crippen molar-refractivity contribution in [1.82, 2.24) is 9.55 Å². The van der Waals surface area contributed by atoms with Gasteiger partial charge >= 0.3 is 0 Å². The van der Waals surface area contributed by atoms with E-state index >= 15 is 0 Å². The molecule has 0 saturated heterocycles. The predicted molar refractivity (Wildman–Crippen MR) is 83.2 cm³/mol. The van der Waals surface area contributed by atoms with Gasteiger partial charge in [-0.1, -0.05) is 32.1 Å². The van der Waals surface area contributed by atoms with Crippen LogP contribution in [0.4, 0.5) is 5.82 Å². The quantitative estimate of drug-likeness (QED) is 0.899. The Morgan fingerprint density at radius 2 is 1.75 bits per heavy atom. The molecule has 1 fully saturated rings. The summed E-state index contributed by atoms with van der Waals surface area (Å²) in [7, 11) is 0. The van der Waals surface area contributed by atoms with Crippen LogP contribution in [0, 0.1) is 0 Å². The number of hydrogen-bond acceptors (Lipinski definition) is 3. The van der Waals surface area contributed by atoms with Crippen LogP contribution >= 0.6 is 0 Å². The highest BCUT2D eigenvalue weighted by atomic mass is 16.1. The van der Waals surface area contributed by atoms with E-state index in [2.05, 4.69) is 10.3 Å². The molecule has 0 radical (unpaired) electrons. The molecule has 0 amide bonds. The van der Waals surface area contributed by atoms with Crippen molar-refractivity contribution < 1.29 is 0 Å². The van der Waals surface area contributed by atoms with Gasteiger partial charge in [-0.05, 0) is 33.6 Å². The molecule has 2 rings (SSSR count). The van der Waals surface area contributed by atoms with Crippen molar-refractivity contribution in [1.29, 1.82) is 0 Å². The minimum atomic E-state index is -0.211. The van der Waals surface area contributed by atoms with E-state index in [1.807, 2.05) is 20.8 Å². The third kappa shape index (κ3) is 3.84. The standard InChI is InChI=1S/C16H27N3O/c1-16(2,3)19-12-11-17-14(15(19)20)18-13-9-7-5-4-6-8-10-13/h11-13H,4-10H2,1-3H3,(H,17,18). The fourth-order valence-corrected chi connectivity index (χ4v) is 2.83. The number of nitrogens with one attached hydrogen (secondary N) is 1. The zero-order valence-electron chi connectivity index (χ0n) is 13.0. The van der Waals surface area contributed by atoms with E-state index in [1.165, 1.54) is 32.1 Å². The molecule has 0 aromatic carbocycles. The third-order valence-corrected chi connectivity index (χ3v) is 4.01. The zero-order valence-corrected chi connectivity index (χ0v) is 13.0. The van der Waals surface area contributed by atoms with Crippen LogP contribution in [0.3, 0.4) is 0 Å². The summed E-state index contributed by atoms with van der Waals surface area (Å²) in [4.78, 5) is 16.7. The van der Waals surface area contributed by atoms with E-state index < -0.39 is 0 Å². The molecule has 0 atom stereocenters. The first-order chi connectivity index (χ1) is 9.48. The molecule has 4 nitrogen and oxygen atoms in total. The van der Waals surface area contributed by atoms with Gasteiger partial charge in [0.1, 0.15) is 0 Å². The predicted octanol–water partition coefficient (Wildman–Crippen LogP) is 3.52. The summed E-state index contributed by atoms with van der Waals surface area (Å²) in [6.45, 7) is 6.11. The van der Waals surface area contributed by atoms with Crippen molar-refractivity contribution in [3.05, 3.63) is 22.7 Å². The Hall–Kier alpha value is -1.32. The molecule has 1 aliphatic carbocycles. The van der Waals surface area contributed by atoms with Gasteiger partial charge in [0.05, 0.1) is 0 Å². The van der Waals surface area contributed by atoms with Crippen molar-refractivity contribution in [2.24, 2.45) is 0 Å². The monoisotopic (exact) mass is 277 g/mol. The van der Waals surface area contributed by atoms with Gasteiger partial charge in [0.15, 0.2) is 5.82 Å². The average Bonchev–Trinajstić information content (AvgIpc) is 2.33. The maximum absolute atomic E-state index is 12.5. The number of aromatic nitrogens is 2. The van der Waals surface area contributed by atoms with E-state index in [1.54, 1.807) is 17.0 Å². The summed E-state index contributed by atoms with van der Waals surface area (Å²) in [5.41, 5.74) is -0.223. The number of nitrogens with zero attached hydrogens (tertiary/aromatic N) is 2. The summed E-state index contributed by atoms with van der Waals surface area (Å²) in [5, 5.41) is 3.38. The van der Waals surface area contributed by atoms with Gasteiger partial charge in [-0.3, -0.25) is 4.79 Å². The van der Waals surface area contributed by atoms with Gasteiger partial charge < -0.3 is 9.88 Å². The first-order valence-corrected chi connectivity index (χ1v) is 7.83. The Labute approximate surface area is 121 Å².